The van der Waals surface area contributed by atoms with Crippen molar-refractivity contribution in [2.75, 3.05) is 6.61 Å². The minimum Gasteiger partial charge on any atom is -0.464 e. The summed E-state index contributed by atoms with van der Waals surface area (Å²) in [5.74, 6) is 0.0915. The first-order valence-electron chi connectivity index (χ1n) is 8.02. The number of hydrogen-bond donors (Lipinski definition) is 1. The Balaban J connectivity index is 2.51. The highest BCUT2D eigenvalue weighted by Gasteiger charge is 2.24. The van der Waals surface area contributed by atoms with E-state index in [1.54, 1.807) is 0 Å². The molecule has 1 aromatic carbocycles. The quantitative estimate of drug-likeness (QED) is 0.744. The number of nitrogens with one attached hydrogen (secondary N) is 1. The van der Waals surface area contributed by atoms with E-state index in [0.717, 1.165) is 5.56 Å². The van der Waals surface area contributed by atoms with Gasteiger partial charge in [-0.3, -0.25) is 0 Å². The van der Waals surface area contributed by atoms with Gasteiger partial charge >= 0.3 is 12.1 Å². The largest absolute Gasteiger partial charge is 0.464 e. The summed E-state index contributed by atoms with van der Waals surface area (Å²) in [6.07, 6.45) is -0.0989. The van der Waals surface area contributed by atoms with Crippen molar-refractivity contribution in [3.8, 4) is 0 Å². The van der Waals surface area contributed by atoms with Gasteiger partial charge in [0.05, 0.1) is 6.61 Å². The maximum absolute atomic E-state index is 12.1. The third-order valence-electron chi connectivity index (χ3n) is 3.06. The second kappa shape index (κ2) is 9.87. The van der Waals surface area contributed by atoms with E-state index in [4.69, 9.17) is 9.47 Å². The highest BCUT2D eigenvalue weighted by molar-refractivity contribution is 5.81. The van der Waals surface area contributed by atoms with Crippen LogP contribution in [-0.4, -0.2) is 24.7 Å². The Morgan fingerprint density at radius 3 is 2.22 bits per heavy atom. The fourth-order valence-corrected chi connectivity index (χ4v) is 1.94. The van der Waals surface area contributed by atoms with Crippen LogP contribution in [-0.2, 0) is 20.9 Å². The summed E-state index contributed by atoms with van der Waals surface area (Å²) < 4.78 is 10.4. The normalized spacial score (nSPS) is 12.1. The molecule has 1 atom stereocenters. The number of carbonyl (C=O) groups excluding carboxylic acids is 2. The molecule has 5 nitrogen and oxygen atoms in total. The summed E-state index contributed by atoms with van der Waals surface area (Å²) in [5.41, 5.74) is 0.894. The number of hydrogen-bond acceptors (Lipinski definition) is 4. The summed E-state index contributed by atoms with van der Waals surface area (Å²) in [6.45, 7) is 8.41. The van der Waals surface area contributed by atoms with Gasteiger partial charge in [0.2, 0.25) is 0 Å². The van der Waals surface area contributed by atoms with Crippen LogP contribution in [0.15, 0.2) is 30.3 Å². The average molecular weight is 321 g/mol. The third kappa shape index (κ3) is 8.24. The molecule has 0 heterocycles. The highest BCUT2D eigenvalue weighted by Crippen LogP contribution is 2.08. The summed E-state index contributed by atoms with van der Waals surface area (Å²) in [5, 5.41) is 2.61. The summed E-state index contributed by atoms with van der Waals surface area (Å²) in [6, 6.07) is 8.71. The van der Waals surface area contributed by atoms with Gasteiger partial charge in [-0.2, -0.15) is 0 Å². The van der Waals surface area contributed by atoms with Crippen LogP contribution in [0.1, 0.15) is 39.7 Å². The van der Waals surface area contributed by atoms with E-state index in [9.17, 15) is 9.59 Å². The first kappa shape index (κ1) is 19.0. The van der Waals surface area contributed by atoms with Crippen LogP contribution < -0.4 is 5.32 Å². The van der Waals surface area contributed by atoms with Crippen LogP contribution in [0.25, 0.3) is 0 Å². The molecule has 1 aromatic rings. The molecule has 23 heavy (non-hydrogen) atoms. The van der Waals surface area contributed by atoms with Crippen molar-refractivity contribution >= 4 is 12.1 Å². The lowest BCUT2D eigenvalue weighted by molar-refractivity contribution is -0.147. The van der Waals surface area contributed by atoms with Gasteiger partial charge in [0.15, 0.2) is 0 Å². The van der Waals surface area contributed by atoms with Gasteiger partial charge in [0.1, 0.15) is 12.6 Å². The van der Waals surface area contributed by atoms with Crippen molar-refractivity contribution in [2.45, 2.75) is 46.8 Å². The zero-order chi connectivity index (χ0) is 17.2. The number of benzene rings is 1. The van der Waals surface area contributed by atoms with Crippen molar-refractivity contribution < 1.29 is 19.1 Å². The topological polar surface area (TPSA) is 64.6 Å². The predicted octanol–water partition coefficient (Wildman–Crippen LogP) is 3.53. The molecule has 0 spiro atoms. The number of amides is 1. The number of ether oxygens (including phenoxy) is 2. The Bertz CT molecular complexity index is 485. The molecule has 1 unspecified atom stereocenters. The molecule has 0 aliphatic carbocycles. The number of esters is 1. The molecule has 1 N–H and O–H groups in total. The van der Waals surface area contributed by atoms with Crippen LogP contribution in [0.3, 0.4) is 0 Å². The van der Waals surface area contributed by atoms with Crippen molar-refractivity contribution in [3.63, 3.8) is 0 Å². The molecule has 0 aromatic heterocycles. The lowest BCUT2D eigenvalue weighted by Gasteiger charge is -2.19. The first-order chi connectivity index (χ1) is 10.9. The monoisotopic (exact) mass is 321 g/mol. The fourth-order valence-electron chi connectivity index (χ4n) is 1.94. The maximum atomic E-state index is 12.1. The van der Waals surface area contributed by atoms with Crippen molar-refractivity contribution in [2.24, 2.45) is 11.8 Å². The highest BCUT2D eigenvalue weighted by atomic mass is 16.6. The number of alkyl carbamates (subject to hydrolysis) is 1. The van der Waals surface area contributed by atoms with Crippen LogP contribution in [0.4, 0.5) is 4.79 Å². The van der Waals surface area contributed by atoms with Crippen LogP contribution in [0.5, 0.6) is 0 Å². The lowest BCUT2D eigenvalue weighted by Crippen LogP contribution is -2.43. The molecule has 0 aliphatic heterocycles. The third-order valence-corrected chi connectivity index (χ3v) is 3.06. The van der Waals surface area contributed by atoms with Gasteiger partial charge < -0.3 is 14.8 Å². The number of rotatable bonds is 8. The fraction of sp³-hybridized carbons (Fsp3) is 0.556. The molecule has 5 heteroatoms. The molecular weight excluding hydrogens is 294 g/mol. The Kier molecular flexibility index (Phi) is 8.16. The SMILES string of the molecule is CC(C)COC(=O)C(CC(C)C)NC(=O)OCc1ccccc1. The number of carbonyl (C=O) groups is 2. The second-order valence-corrected chi connectivity index (χ2v) is 6.41. The molecule has 0 fully saturated rings. The molecule has 128 valence electrons. The van der Waals surface area contributed by atoms with E-state index in [1.807, 2.05) is 58.0 Å². The Morgan fingerprint density at radius 1 is 1.00 bits per heavy atom. The van der Waals surface area contributed by atoms with Gasteiger partial charge in [-0.25, -0.2) is 9.59 Å². The van der Waals surface area contributed by atoms with Gasteiger partial charge in [0.25, 0.3) is 0 Å². The van der Waals surface area contributed by atoms with Gasteiger partial charge in [-0.15, -0.1) is 0 Å². The van der Waals surface area contributed by atoms with Crippen LogP contribution in [0, 0.1) is 11.8 Å². The molecule has 1 amide bonds. The smallest absolute Gasteiger partial charge is 0.408 e. The zero-order valence-electron chi connectivity index (χ0n) is 14.4. The van der Waals surface area contributed by atoms with Crippen molar-refractivity contribution in [1.82, 2.24) is 5.32 Å². The van der Waals surface area contributed by atoms with Gasteiger partial charge in [-0.05, 0) is 23.8 Å². The van der Waals surface area contributed by atoms with E-state index in [1.165, 1.54) is 0 Å². The Morgan fingerprint density at radius 2 is 1.65 bits per heavy atom. The summed E-state index contributed by atoms with van der Waals surface area (Å²) in [4.78, 5) is 24.0. The van der Waals surface area contributed by atoms with E-state index >= 15 is 0 Å². The molecular formula is C18H27NO4. The molecule has 0 bridgehead atoms. The van der Waals surface area contributed by atoms with Crippen LogP contribution >= 0.6 is 0 Å². The predicted molar refractivity (Wildman–Crippen MR) is 88.8 cm³/mol. The molecule has 0 radical (unpaired) electrons. The minimum absolute atomic E-state index is 0.169. The van der Waals surface area contributed by atoms with Gasteiger partial charge in [0, 0.05) is 0 Å². The molecule has 0 aliphatic rings. The summed E-state index contributed by atoms with van der Waals surface area (Å²) >= 11 is 0. The second-order valence-electron chi connectivity index (χ2n) is 6.41. The molecule has 0 saturated carbocycles. The van der Waals surface area contributed by atoms with Crippen molar-refractivity contribution in [1.29, 1.82) is 0 Å². The van der Waals surface area contributed by atoms with E-state index < -0.39 is 18.1 Å². The Labute approximate surface area is 138 Å². The maximum Gasteiger partial charge on any atom is 0.408 e. The average Bonchev–Trinajstić information content (AvgIpc) is 2.50. The van der Waals surface area contributed by atoms with E-state index in [0.29, 0.717) is 13.0 Å². The lowest BCUT2D eigenvalue weighted by atomic mass is 10.0. The van der Waals surface area contributed by atoms with E-state index in [2.05, 4.69) is 5.32 Å². The Hall–Kier alpha value is -2.04. The van der Waals surface area contributed by atoms with Crippen molar-refractivity contribution in [3.05, 3.63) is 35.9 Å². The first-order valence-corrected chi connectivity index (χ1v) is 8.02. The minimum atomic E-state index is -0.683. The molecule has 1 rings (SSSR count). The van der Waals surface area contributed by atoms with Gasteiger partial charge in [-0.1, -0.05) is 58.0 Å². The molecule has 0 saturated heterocycles. The zero-order valence-corrected chi connectivity index (χ0v) is 14.4. The van der Waals surface area contributed by atoms with Crippen LogP contribution in [0.2, 0.25) is 0 Å². The summed E-state index contributed by atoms with van der Waals surface area (Å²) in [7, 11) is 0. The van der Waals surface area contributed by atoms with E-state index in [-0.39, 0.29) is 18.4 Å². The standard InChI is InChI=1S/C18H27NO4/c1-13(2)10-16(17(20)22-11-14(3)4)19-18(21)23-12-15-8-6-5-7-9-15/h5-9,13-14,16H,10-12H2,1-4H3,(H,19,21).